The van der Waals surface area contributed by atoms with Gasteiger partial charge < -0.3 is 9.30 Å². The molecule has 0 aliphatic carbocycles. The molecule has 7 heteroatoms. The number of fused-ring (bicyclic) bond motifs is 1. The zero-order valence-corrected chi connectivity index (χ0v) is 21.4. The van der Waals surface area contributed by atoms with Gasteiger partial charge in [0, 0.05) is 22.7 Å². The first-order valence-electron chi connectivity index (χ1n) is 12.7. The monoisotopic (exact) mass is 507 g/mol. The molecule has 2 heterocycles. The number of nitrogens with one attached hydrogen (secondary N) is 1. The van der Waals surface area contributed by atoms with E-state index < -0.39 is 17.8 Å². The Morgan fingerprint density at radius 2 is 1.63 bits per heavy atom. The van der Waals surface area contributed by atoms with Gasteiger partial charge in [0.25, 0.3) is 11.8 Å². The minimum Gasteiger partial charge on any atom is -0.492 e. The van der Waals surface area contributed by atoms with Crippen LogP contribution in [0.5, 0.6) is 5.75 Å². The van der Waals surface area contributed by atoms with Crippen LogP contribution in [-0.2, 0) is 16.1 Å². The fourth-order valence-electron chi connectivity index (χ4n) is 4.59. The van der Waals surface area contributed by atoms with Crippen LogP contribution < -0.4 is 15.0 Å². The lowest BCUT2D eigenvalue weighted by Crippen LogP contribution is -2.54. The summed E-state index contributed by atoms with van der Waals surface area (Å²) in [5, 5.41) is 3.21. The van der Waals surface area contributed by atoms with E-state index in [9.17, 15) is 14.4 Å². The van der Waals surface area contributed by atoms with Gasteiger partial charge in [0.15, 0.2) is 0 Å². The molecule has 1 N–H and O–H groups in total. The summed E-state index contributed by atoms with van der Waals surface area (Å²) in [6.45, 7) is 5.26. The predicted octanol–water partition coefficient (Wildman–Crippen LogP) is 5.90. The van der Waals surface area contributed by atoms with Crippen LogP contribution in [0.4, 0.5) is 10.5 Å². The molecule has 0 bridgehead atoms. The second-order valence-electron chi connectivity index (χ2n) is 9.32. The van der Waals surface area contributed by atoms with E-state index in [0.717, 1.165) is 33.5 Å². The Labute approximate surface area is 221 Å². The summed E-state index contributed by atoms with van der Waals surface area (Å²) in [5.74, 6) is -0.212. The number of carbonyl (C=O) groups is 3. The third-order valence-electron chi connectivity index (χ3n) is 6.90. The Balaban J connectivity index is 1.43. The molecule has 38 heavy (non-hydrogen) atoms. The van der Waals surface area contributed by atoms with Gasteiger partial charge in [-0.05, 0) is 54.3 Å². The van der Waals surface area contributed by atoms with Gasteiger partial charge in [0.1, 0.15) is 17.9 Å². The number of rotatable bonds is 8. The van der Waals surface area contributed by atoms with Crippen molar-refractivity contribution in [3.63, 3.8) is 0 Å². The molecule has 4 aromatic rings. The van der Waals surface area contributed by atoms with Crippen LogP contribution in [0.2, 0.25) is 0 Å². The lowest BCUT2D eigenvalue weighted by atomic mass is 9.98. The molecule has 0 radical (unpaired) electrons. The number of hydrogen-bond acceptors (Lipinski definition) is 4. The normalized spacial score (nSPS) is 15.7. The minimum absolute atomic E-state index is 0.0981. The predicted molar refractivity (Wildman–Crippen MR) is 148 cm³/mol. The molecule has 1 saturated heterocycles. The summed E-state index contributed by atoms with van der Waals surface area (Å²) in [6.07, 6.45) is 4.44. The Morgan fingerprint density at radius 3 is 2.37 bits per heavy atom. The fourth-order valence-corrected chi connectivity index (χ4v) is 4.59. The van der Waals surface area contributed by atoms with Crippen molar-refractivity contribution in [2.75, 3.05) is 11.5 Å². The summed E-state index contributed by atoms with van der Waals surface area (Å²) in [7, 11) is 0. The number of amides is 4. The molecule has 1 fully saturated rings. The van der Waals surface area contributed by atoms with E-state index in [-0.39, 0.29) is 5.57 Å². The van der Waals surface area contributed by atoms with Crippen LogP contribution in [0.3, 0.4) is 0 Å². The van der Waals surface area contributed by atoms with E-state index in [1.807, 2.05) is 77.5 Å². The first kappa shape index (κ1) is 25.0. The average Bonchev–Trinajstić information content (AvgIpc) is 3.28. The minimum atomic E-state index is -0.756. The number of anilines is 1. The lowest BCUT2D eigenvalue weighted by molar-refractivity contribution is -0.122. The van der Waals surface area contributed by atoms with Gasteiger partial charge in [-0.3, -0.25) is 14.9 Å². The molecule has 3 aromatic carbocycles. The highest BCUT2D eigenvalue weighted by molar-refractivity contribution is 6.39. The molecule has 5 rings (SSSR count). The molecule has 192 valence electrons. The molecule has 0 spiro atoms. The second kappa shape index (κ2) is 10.8. The number of barbiturate groups is 1. The molecule has 0 unspecified atom stereocenters. The van der Waals surface area contributed by atoms with Gasteiger partial charge in [-0.1, -0.05) is 62.4 Å². The molecule has 7 nitrogen and oxygen atoms in total. The largest absolute Gasteiger partial charge is 0.492 e. The first-order chi connectivity index (χ1) is 18.5. The number of imide groups is 2. The number of hydrogen-bond donors (Lipinski definition) is 1. The van der Waals surface area contributed by atoms with Crippen molar-refractivity contribution in [2.45, 2.75) is 32.7 Å². The van der Waals surface area contributed by atoms with E-state index in [1.54, 1.807) is 18.2 Å². The van der Waals surface area contributed by atoms with Crippen molar-refractivity contribution in [3.8, 4) is 5.75 Å². The van der Waals surface area contributed by atoms with E-state index in [0.29, 0.717) is 30.3 Å². The molecule has 4 amide bonds. The van der Waals surface area contributed by atoms with Crippen LogP contribution in [0, 0.1) is 0 Å². The maximum Gasteiger partial charge on any atom is 0.335 e. The lowest BCUT2D eigenvalue weighted by Gasteiger charge is -2.26. The number of benzene rings is 3. The number of nitrogens with zero attached hydrogens (tertiary/aromatic N) is 2. The highest BCUT2D eigenvalue weighted by Gasteiger charge is 2.37. The summed E-state index contributed by atoms with van der Waals surface area (Å²) in [6, 6.07) is 23.9. The topological polar surface area (TPSA) is 80.6 Å². The standard InChI is InChI=1S/C31H29N3O4/c1-3-21(2)22-13-15-24(16-14-22)34-30(36)27(29(35)32-31(34)37)19-23-20-33(28-12-8-7-11-26(23)28)17-18-38-25-9-5-4-6-10-25/h4-16,19-21H,3,17-18H2,1-2H3,(H,32,35,37)/b27-19-/t21-/m0/s1. The molecule has 1 atom stereocenters. The first-order valence-corrected chi connectivity index (χ1v) is 12.7. The number of carbonyl (C=O) groups excluding carboxylic acids is 3. The number of aromatic nitrogens is 1. The van der Waals surface area contributed by atoms with Gasteiger partial charge in [0.2, 0.25) is 0 Å². The third-order valence-corrected chi connectivity index (χ3v) is 6.90. The maximum atomic E-state index is 13.4. The van der Waals surface area contributed by atoms with E-state index in [2.05, 4.69) is 19.2 Å². The van der Waals surface area contributed by atoms with Crippen LogP contribution in [0.25, 0.3) is 17.0 Å². The molecular weight excluding hydrogens is 478 g/mol. The summed E-state index contributed by atoms with van der Waals surface area (Å²) >= 11 is 0. The molecule has 1 aliphatic heterocycles. The number of para-hydroxylation sites is 2. The Kier molecular flexibility index (Phi) is 7.09. The summed E-state index contributed by atoms with van der Waals surface area (Å²) in [5.41, 5.74) is 3.10. The van der Waals surface area contributed by atoms with E-state index >= 15 is 0 Å². The van der Waals surface area contributed by atoms with E-state index in [4.69, 9.17) is 4.74 Å². The van der Waals surface area contributed by atoms with Crippen molar-refractivity contribution >= 4 is 40.5 Å². The number of urea groups is 1. The van der Waals surface area contributed by atoms with Gasteiger partial charge >= 0.3 is 6.03 Å². The quantitative estimate of drug-likeness (QED) is 0.238. The van der Waals surface area contributed by atoms with E-state index in [1.165, 1.54) is 0 Å². The Bertz CT molecular complexity index is 1520. The molecule has 0 saturated carbocycles. The number of ether oxygens (including phenoxy) is 1. The van der Waals surface area contributed by atoms with Crippen molar-refractivity contribution in [1.82, 2.24) is 9.88 Å². The van der Waals surface area contributed by atoms with Gasteiger partial charge in [-0.2, -0.15) is 0 Å². The van der Waals surface area contributed by atoms with Gasteiger partial charge in [-0.15, -0.1) is 0 Å². The molecule has 1 aliphatic rings. The fraction of sp³-hybridized carbons (Fsp3) is 0.194. The van der Waals surface area contributed by atoms with Gasteiger partial charge in [-0.25, -0.2) is 9.69 Å². The zero-order chi connectivity index (χ0) is 26.6. The van der Waals surface area contributed by atoms with Crippen LogP contribution >= 0.6 is 0 Å². The Morgan fingerprint density at radius 1 is 0.921 bits per heavy atom. The smallest absolute Gasteiger partial charge is 0.335 e. The van der Waals surface area contributed by atoms with Crippen molar-refractivity contribution in [1.29, 1.82) is 0 Å². The average molecular weight is 508 g/mol. The van der Waals surface area contributed by atoms with Crippen molar-refractivity contribution < 1.29 is 19.1 Å². The SMILES string of the molecule is CC[C@H](C)c1ccc(N2C(=O)NC(=O)/C(=C/c3cn(CCOc4ccccc4)c4ccccc34)C2=O)cc1. The zero-order valence-electron chi connectivity index (χ0n) is 21.4. The highest BCUT2D eigenvalue weighted by Crippen LogP contribution is 2.28. The van der Waals surface area contributed by atoms with Gasteiger partial charge in [0.05, 0.1) is 12.2 Å². The molecule has 1 aromatic heterocycles. The molecular formula is C31H29N3O4. The third kappa shape index (κ3) is 4.95. The van der Waals surface area contributed by atoms with Crippen LogP contribution in [0.1, 0.15) is 37.3 Å². The highest BCUT2D eigenvalue weighted by atomic mass is 16.5. The maximum absolute atomic E-state index is 13.4. The van der Waals surface area contributed by atoms with Crippen molar-refractivity contribution in [2.24, 2.45) is 0 Å². The summed E-state index contributed by atoms with van der Waals surface area (Å²) in [4.78, 5) is 39.9. The van der Waals surface area contributed by atoms with Crippen LogP contribution in [-0.4, -0.2) is 29.0 Å². The van der Waals surface area contributed by atoms with Crippen LogP contribution in [0.15, 0.2) is 90.6 Å². The van der Waals surface area contributed by atoms with Crippen molar-refractivity contribution in [3.05, 3.63) is 102 Å². The second-order valence-corrected chi connectivity index (χ2v) is 9.32. The summed E-state index contributed by atoms with van der Waals surface area (Å²) < 4.78 is 7.89. The Hall–Kier alpha value is -4.65.